The van der Waals surface area contributed by atoms with Gasteiger partial charge >= 0.3 is 0 Å². The molecule has 0 fully saturated rings. The van der Waals surface area contributed by atoms with Crippen LogP contribution in [-0.4, -0.2) is 22.3 Å². The van der Waals surface area contributed by atoms with E-state index < -0.39 is 0 Å². The normalized spacial score (nSPS) is 10.3. The molecule has 1 amide bonds. The minimum Gasteiger partial charge on any atom is -0.438 e. The Hall–Kier alpha value is -2.63. The van der Waals surface area contributed by atoms with Crippen molar-refractivity contribution in [2.75, 3.05) is 6.54 Å². The molecule has 3 aromatic rings. The molecule has 0 unspecified atom stereocenters. The minimum absolute atomic E-state index is 0.173. The Morgan fingerprint density at radius 3 is 2.69 bits per heavy atom. The predicted molar refractivity (Wildman–Crippen MR) is 105 cm³/mol. The van der Waals surface area contributed by atoms with Crippen LogP contribution >= 0.6 is 22.9 Å². The van der Waals surface area contributed by atoms with Gasteiger partial charge in [0.2, 0.25) is 5.88 Å². The zero-order chi connectivity index (χ0) is 18.4. The highest BCUT2D eigenvalue weighted by Crippen LogP contribution is 2.26. The third-order valence-electron chi connectivity index (χ3n) is 3.57. The molecule has 0 atom stereocenters. The van der Waals surface area contributed by atoms with E-state index in [2.05, 4.69) is 11.6 Å². The number of amides is 1. The number of benzene rings is 1. The van der Waals surface area contributed by atoms with Crippen molar-refractivity contribution in [1.82, 2.24) is 9.88 Å². The summed E-state index contributed by atoms with van der Waals surface area (Å²) in [6, 6.07) is 16.4. The first-order valence-corrected chi connectivity index (χ1v) is 9.19. The summed E-state index contributed by atoms with van der Waals surface area (Å²) < 4.78 is 6.51. The molecule has 2 heterocycles. The van der Waals surface area contributed by atoms with Crippen molar-refractivity contribution in [3.8, 4) is 11.6 Å². The fourth-order valence-electron chi connectivity index (χ4n) is 2.41. The zero-order valence-corrected chi connectivity index (χ0v) is 15.5. The molecule has 0 aliphatic rings. The number of hydrogen-bond acceptors (Lipinski definition) is 4. The van der Waals surface area contributed by atoms with E-state index in [1.165, 1.54) is 11.3 Å². The second kappa shape index (κ2) is 8.65. The lowest BCUT2D eigenvalue weighted by molar-refractivity contribution is 0.0761. The molecule has 0 radical (unpaired) electrons. The summed E-state index contributed by atoms with van der Waals surface area (Å²) >= 11 is 7.45. The van der Waals surface area contributed by atoms with Gasteiger partial charge in [-0.3, -0.25) is 4.79 Å². The van der Waals surface area contributed by atoms with Crippen molar-refractivity contribution in [3.63, 3.8) is 0 Å². The van der Waals surface area contributed by atoms with Crippen LogP contribution in [-0.2, 0) is 6.54 Å². The molecule has 0 spiro atoms. The average molecular weight is 385 g/mol. The summed E-state index contributed by atoms with van der Waals surface area (Å²) in [4.78, 5) is 20.0. The van der Waals surface area contributed by atoms with Crippen molar-refractivity contribution in [2.45, 2.75) is 6.54 Å². The smallest absolute Gasteiger partial charge is 0.259 e. The Morgan fingerprint density at radius 1 is 1.19 bits per heavy atom. The van der Waals surface area contributed by atoms with Crippen LogP contribution in [0.2, 0.25) is 4.34 Å². The molecule has 3 rings (SSSR count). The maximum absolute atomic E-state index is 13.1. The van der Waals surface area contributed by atoms with Crippen molar-refractivity contribution < 1.29 is 9.53 Å². The monoisotopic (exact) mass is 384 g/mol. The first-order valence-electron chi connectivity index (χ1n) is 7.99. The van der Waals surface area contributed by atoms with E-state index in [1.807, 2.05) is 42.5 Å². The fourth-order valence-corrected chi connectivity index (χ4v) is 3.51. The number of hydrogen-bond donors (Lipinski definition) is 0. The maximum atomic E-state index is 13.1. The number of halogens is 1. The van der Waals surface area contributed by atoms with Crippen LogP contribution in [0.25, 0.3) is 0 Å². The molecule has 4 nitrogen and oxygen atoms in total. The van der Waals surface area contributed by atoms with Gasteiger partial charge in [0.1, 0.15) is 11.3 Å². The molecule has 0 bridgehead atoms. The number of pyridine rings is 1. The maximum Gasteiger partial charge on any atom is 0.259 e. The second-order valence-electron chi connectivity index (χ2n) is 5.45. The number of para-hydroxylation sites is 1. The third kappa shape index (κ3) is 4.50. The zero-order valence-electron chi connectivity index (χ0n) is 14.0. The van der Waals surface area contributed by atoms with E-state index in [0.717, 1.165) is 4.88 Å². The molecule has 6 heteroatoms. The van der Waals surface area contributed by atoms with Gasteiger partial charge in [-0.15, -0.1) is 17.9 Å². The Kier molecular flexibility index (Phi) is 6.04. The molecule has 0 aliphatic heterocycles. The molecule has 1 aromatic carbocycles. The highest BCUT2D eigenvalue weighted by atomic mass is 35.5. The first kappa shape index (κ1) is 18.2. The van der Waals surface area contributed by atoms with Crippen LogP contribution in [0, 0.1) is 0 Å². The number of carbonyl (C=O) groups excluding carboxylic acids is 1. The van der Waals surface area contributed by atoms with Gasteiger partial charge in [0.25, 0.3) is 5.91 Å². The number of rotatable bonds is 7. The Bertz CT molecular complexity index is 896. The summed E-state index contributed by atoms with van der Waals surface area (Å²) in [7, 11) is 0. The number of carbonyl (C=O) groups is 1. The van der Waals surface area contributed by atoms with Crippen molar-refractivity contribution >= 4 is 28.8 Å². The number of aromatic nitrogens is 1. The van der Waals surface area contributed by atoms with Crippen molar-refractivity contribution in [3.05, 3.63) is 88.2 Å². The van der Waals surface area contributed by atoms with Gasteiger partial charge in [0, 0.05) is 17.6 Å². The van der Waals surface area contributed by atoms with Crippen molar-refractivity contribution in [2.24, 2.45) is 0 Å². The van der Waals surface area contributed by atoms with Crippen LogP contribution < -0.4 is 4.74 Å². The van der Waals surface area contributed by atoms with Crippen LogP contribution in [0.15, 0.2) is 73.4 Å². The van der Waals surface area contributed by atoms with E-state index in [1.54, 1.807) is 29.3 Å². The van der Waals surface area contributed by atoms with E-state index in [9.17, 15) is 4.79 Å². The highest BCUT2D eigenvalue weighted by molar-refractivity contribution is 7.16. The molecule has 0 N–H and O–H groups in total. The lowest BCUT2D eigenvalue weighted by Gasteiger charge is -2.21. The first-order chi connectivity index (χ1) is 12.7. The Balaban J connectivity index is 1.85. The third-order valence-corrected chi connectivity index (χ3v) is 4.79. The number of ether oxygens (including phenoxy) is 1. The number of thiophene rings is 1. The van der Waals surface area contributed by atoms with Gasteiger partial charge in [0.05, 0.1) is 10.9 Å². The summed E-state index contributed by atoms with van der Waals surface area (Å²) in [5, 5.41) is 0. The lowest BCUT2D eigenvalue weighted by Crippen LogP contribution is -2.30. The molecule has 26 heavy (non-hydrogen) atoms. The minimum atomic E-state index is -0.173. The average Bonchev–Trinajstić information content (AvgIpc) is 3.07. The molecule has 2 aromatic heterocycles. The second-order valence-corrected chi connectivity index (χ2v) is 7.25. The van der Waals surface area contributed by atoms with Crippen molar-refractivity contribution in [1.29, 1.82) is 0 Å². The van der Waals surface area contributed by atoms with Crippen LogP contribution in [0.4, 0.5) is 0 Å². The molecule has 0 aliphatic carbocycles. The van der Waals surface area contributed by atoms with Gasteiger partial charge in [0.15, 0.2) is 0 Å². The van der Waals surface area contributed by atoms with Gasteiger partial charge in [-0.2, -0.15) is 0 Å². The molecular weight excluding hydrogens is 368 g/mol. The quantitative estimate of drug-likeness (QED) is 0.511. The van der Waals surface area contributed by atoms with Gasteiger partial charge in [-0.05, 0) is 36.4 Å². The molecular formula is C20H17ClN2O2S. The largest absolute Gasteiger partial charge is 0.438 e. The van der Waals surface area contributed by atoms with E-state index >= 15 is 0 Å². The van der Waals surface area contributed by atoms with Gasteiger partial charge in [-0.1, -0.05) is 35.9 Å². The molecule has 0 saturated carbocycles. The summed E-state index contributed by atoms with van der Waals surface area (Å²) in [5.41, 5.74) is 0.404. The van der Waals surface area contributed by atoms with Crippen LogP contribution in [0.5, 0.6) is 11.6 Å². The molecule has 0 saturated heterocycles. The topological polar surface area (TPSA) is 42.4 Å². The lowest BCUT2D eigenvalue weighted by atomic mass is 10.2. The van der Waals surface area contributed by atoms with Crippen LogP contribution in [0.1, 0.15) is 15.2 Å². The van der Waals surface area contributed by atoms with Crippen LogP contribution in [0.3, 0.4) is 0 Å². The Morgan fingerprint density at radius 2 is 2.00 bits per heavy atom. The summed E-state index contributed by atoms with van der Waals surface area (Å²) in [6.07, 6.45) is 3.30. The predicted octanol–water partition coefficient (Wildman–Crippen LogP) is 5.42. The number of nitrogens with zero attached hydrogens (tertiary/aromatic N) is 2. The van der Waals surface area contributed by atoms with Gasteiger partial charge < -0.3 is 9.64 Å². The fraction of sp³-hybridized carbons (Fsp3) is 0.100. The molecule has 132 valence electrons. The Labute approximate surface area is 161 Å². The summed E-state index contributed by atoms with van der Waals surface area (Å²) in [6.45, 7) is 4.61. The van der Waals surface area contributed by atoms with Gasteiger partial charge in [-0.25, -0.2) is 4.98 Å². The van der Waals surface area contributed by atoms with E-state index in [4.69, 9.17) is 16.3 Å². The SMILES string of the molecule is C=CCN(Cc1ccc(Cl)s1)C(=O)c1cccnc1Oc1ccccc1. The summed E-state index contributed by atoms with van der Waals surface area (Å²) in [5.74, 6) is 0.732. The van der Waals surface area contributed by atoms with E-state index in [-0.39, 0.29) is 11.8 Å². The van der Waals surface area contributed by atoms with E-state index in [0.29, 0.717) is 28.7 Å². The highest BCUT2D eigenvalue weighted by Gasteiger charge is 2.21. The standard InChI is InChI=1S/C20H17ClN2O2S/c1-2-13-23(14-16-10-11-18(21)26-16)20(24)17-9-6-12-22-19(17)25-15-7-4-3-5-8-15/h2-12H,1,13-14H2.